The highest BCUT2D eigenvalue weighted by Gasteiger charge is 2.40. The maximum absolute atomic E-state index is 6.22. The van der Waals surface area contributed by atoms with Gasteiger partial charge in [0.25, 0.3) is 0 Å². The Kier molecular flexibility index (Phi) is 4.36. The first-order valence-corrected chi connectivity index (χ1v) is 7.61. The molecule has 3 rings (SSSR count). The molecule has 1 fully saturated rings. The van der Waals surface area contributed by atoms with Gasteiger partial charge in [-0.2, -0.15) is 0 Å². The fraction of sp³-hybridized carbons (Fsp3) is 0.471. The van der Waals surface area contributed by atoms with Crippen LogP contribution in [0.15, 0.2) is 49.1 Å². The standard InChI is InChI=1S/C17H22N2O2/c1-2-16-12-20-17(21-16,13-19-11-10-18-14-19)9-8-15-6-4-3-5-7-15/h3-7,10-11,14,16H,2,8-9,12-13H2,1H3. The molecular formula is C17H22N2O2. The summed E-state index contributed by atoms with van der Waals surface area (Å²) >= 11 is 0. The highest BCUT2D eigenvalue weighted by Crippen LogP contribution is 2.31. The Morgan fingerprint density at radius 2 is 2.19 bits per heavy atom. The van der Waals surface area contributed by atoms with Gasteiger partial charge < -0.3 is 14.0 Å². The van der Waals surface area contributed by atoms with Crippen molar-refractivity contribution in [2.75, 3.05) is 6.61 Å². The second-order valence-electron chi connectivity index (χ2n) is 5.59. The first kappa shape index (κ1) is 14.3. The Bertz CT molecular complexity index is 541. The van der Waals surface area contributed by atoms with Crippen LogP contribution in [0, 0.1) is 0 Å². The van der Waals surface area contributed by atoms with Crippen LogP contribution in [0.3, 0.4) is 0 Å². The first-order chi connectivity index (χ1) is 10.3. The van der Waals surface area contributed by atoms with Crippen LogP contribution in [-0.4, -0.2) is 28.0 Å². The van der Waals surface area contributed by atoms with Gasteiger partial charge in [-0.05, 0) is 18.4 Å². The van der Waals surface area contributed by atoms with Gasteiger partial charge in [0.1, 0.15) is 0 Å². The van der Waals surface area contributed by atoms with Crippen LogP contribution in [0.5, 0.6) is 0 Å². The predicted molar refractivity (Wildman–Crippen MR) is 80.8 cm³/mol. The fourth-order valence-electron chi connectivity index (χ4n) is 2.75. The van der Waals surface area contributed by atoms with Crippen LogP contribution in [0.2, 0.25) is 0 Å². The molecule has 2 aromatic rings. The molecule has 0 radical (unpaired) electrons. The number of hydrogen-bond donors (Lipinski definition) is 0. The lowest BCUT2D eigenvalue weighted by atomic mass is 10.0. The molecular weight excluding hydrogens is 264 g/mol. The molecule has 1 aliphatic heterocycles. The monoisotopic (exact) mass is 286 g/mol. The molecule has 1 aliphatic rings. The van der Waals surface area contributed by atoms with E-state index >= 15 is 0 Å². The number of imidazole rings is 1. The Balaban J connectivity index is 1.70. The van der Waals surface area contributed by atoms with Crippen LogP contribution < -0.4 is 0 Å². The van der Waals surface area contributed by atoms with E-state index in [4.69, 9.17) is 9.47 Å². The third-order valence-electron chi connectivity index (χ3n) is 3.99. The van der Waals surface area contributed by atoms with E-state index in [0.29, 0.717) is 13.2 Å². The molecule has 1 aromatic carbocycles. The fourth-order valence-corrected chi connectivity index (χ4v) is 2.75. The molecule has 2 heterocycles. The predicted octanol–water partition coefficient (Wildman–Crippen LogP) is 3.04. The van der Waals surface area contributed by atoms with Crippen molar-refractivity contribution in [3.63, 3.8) is 0 Å². The van der Waals surface area contributed by atoms with Crippen molar-refractivity contribution in [3.05, 3.63) is 54.6 Å². The number of hydrogen-bond acceptors (Lipinski definition) is 3. The zero-order chi connectivity index (χ0) is 14.5. The van der Waals surface area contributed by atoms with E-state index in [1.165, 1.54) is 5.56 Å². The molecule has 4 nitrogen and oxygen atoms in total. The van der Waals surface area contributed by atoms with Crippen molar-refractivity contribution in [2.24, 2.45) is 0 Å². The van der Waals surface area contributed by atoms with Crippen LogP contribution >= 0.6 is 0 Å². The highest BCUT2D eigenvalue weighted by atomic mass is 16.7. The Labute approximate surface area is 125 Å². The Morgan fingerprint density at radius 1 is 1.33 bits per heavy atom. The molecule has 0 amide bonds. The number of aromatic nitrogens is 2. The zero-order valence-corrected chi connectivity index (χ0v) is 12.4. The minimum Gasteiger partial charge on any atom is -0.345 e. The number of ether oxygens (including phenoxy) is 2. The number of benzene rings is 1. The van der Waals surface area contributed by atoms with Crippen LogP contribution in [-0.2, 0) is 22.4 Å². The quantitative estimate of drug-likeness (QED) is 0.819. The van der Waals surface area contributed by atoms with Crippen molar-refractivity contribution >= 4 is 0 Å². The molecule has 0 spiro atoms. The van der Waals surface area contributed by atoms with Gasteiger partial charge in [0, 0.05) is 18.8 Å². The van der Waals surface area contributed by atoms with Gasteiger partial charge >= 0.3 is 0 Å². The van der Waals surface area contributed by atoms with Gasteiger partial charge in [-0.1, -0.05) is 37.3 Å². The van der Waals surface area contributed by atoms with Crippen LogP contribution in [0.1, 0.15) is 25.3 Å². The number of rotatable bonds is 6. The van der Waals surface area contributed by atoms with Crippen molar-refractivity contribution in [2.45, 2.75) is 44.6 Å². The molecule has 0 aliphatic carbocycles. The summed E-state index contributed by atoms with van der Waals surface area (Å²) in [6.45, 7) is 3.51. The topological polar surface area (TPSA) is 36.3 Å². The summed E-state index contributed by atoms with van der Waals surface area (Å²) < 4.78 is 14.3. The summed E-state index contributed by atoms with van der Waals surface area (Å²) in [6.07, 6.45) is 8.54. The van der Waals surface area contributed by atoms with E-state index in [-0.39, 0.29) is 6.10 Å². The van der Waals surface area contributed by atoms with Crippen molar-refractivity contribution in [1.82, 2.24) is 9.55 Å². The van der Waals surface area contributed by atoms with E-state index < -0.39 is 5.79 Å². The van der Waals surface area contributed by atoms with Gasteiger partial charge in [-0.3, -0.25) is 0 Å². The molecule has 1 aromatic heterocycles. The van der Waals surface area contributed by atoms with Crippen molar-refractivity contribution in [1.29, 1.82) is 0 Å². The van der Waals surface area contributed by atoms with Gasteiger partial charge in [0.15, 0.2) is 5.79 Å². The van der Waals surface area contributed by atoms with Crippen molar-refractivity contribution in [3.8, 4) is 0 Å². The molecule has 0 saturated carbocycles. The van der Waals surface area contributed by atoms with Crippen molar-refractivity contribution < 1.29 is 9.47 Å². The third-order valence-corrected chi connectivity index (χ3v) is 3.99. The van der Waals surface area contributed by atoms with E-state index in [9.17, 15) is 0 Å². The molecule has 1 saturated heterocycles. The summed E-state index contributed by atoms with van der Waals surface area (Å²) in [7, 11) is 0. The zero-order valence-electron chi connectivity index (χ0n) is 12.4. The SMILES string of the molecule is CCC1COC(CCc2ccccc2)(Cn2ccnc2)O1. The number of aryl methyl sites for hydroxylation is 1. The lowest BCUT2D eigenvalue weighted by Crippen LogP contribution is -2.36. The maximum atomic E-state index is 6.22. The van der Waals surface area contributed by atoms with E-state index in [2.05, 4.69) is 36.2 Å². The highest BCUT2D eigenvalue weighted by molar-refractivity contribution is 5.15. The Hall–Kier alpha value is -1.65. The third kappa shape index (κ3) is 3.52. The normalized spacial score (nSPS) is 25.3. The summed E-state index contributed by atoms with van der Waals surface area (Å²) in [4.78, 5) is 4.10. The first-order valence-electron chi connectivity index (χ1n) is 7.61. The van der Waals surface area contributed by atoms with Crippen LogP contribution in [0.25, 0.3) is 0 Å². The second-order valence-corrected chi connectivity index (χ2v) is 5.59. The van der Waals surface area contributed by atoms with Gasteiger partial charge in [-0.15, -0.1) is 0 Å². The maximum Gasteiger partial charge on any atom is 0.187 e. The lowest BCUT2D eigenvalue weighted by Gasteiger charge is -2.28. The molecule has 21 heavy (non-hydrogen) atoms. The largest absolute Gasteiger partial charge is 0.345 e. The van der Waals surface area contributed by atoms with Gasteiger partial charge in [0.05, 0.1) is 25.6 Å². The van der Waals surface area contributed by atoms with E-state index in [1.807, 2.05) is 23.2 Å². The molecule has 2 unspecified atom stereocenters. The smallest absolute Gasteiger partial charge is 0.187 e. The van der Waals surface area contributed by atoms with E-state index in [1.54, 1.807) is 6.20 Å². The molecule has 0 N–H and O–H groups in total. The van der Waals surface area contributed by atoms with Gasteiger partial charge in [-0.25, -0.2) is 4.98 Å². The molecule has 2 atom stereocenters. The van der Waals surface area contributed by atoms with Crippen LogP contribution in [0.4, 0.5) is 0 Å². The Morgan fingerprint density at radius 3 is 2.86 bits per heavy atom. The average molecular weight is 286 g/mol. The molecule has 112 valence electrons. The second kappa shape index (κ2) is 6.41. The van der Waals surface area contributed by atoms with Gasteiger partial charge in [0.2, 0.25) is 0 Å². The summed E-state index contributed by atoms with van der Waals surface area (Å²) in [5.41, 5.74) is 1.31. The summed E-state index contributed by atoms with van der Waals surface area (Å²) in [6, 6.07) is 10.5. The lowest BCUT2D eigenvalue weighted by molar-refractivity contribution is -0.182. The summed E-state index contributed by atoms with van der Waals surface area (Å²) in [5, 5.41) is 0. The minimum absolute atomic E-state index is 0.198. The minimum atomic E-state index is -0.531. The average Bonchev–Trinajstić information content (AvgIpc) is 3.17. The molecule has 0 bridgehead atoms. The number of nitrogens with zero attached hydrogens (tertiary/aromatic N) is 2. The van der Waals surface area contributed by atoms with E-state index in [0.717, 1.165) is 19.3 Å². The molecule has 4 heteroatoms. The summed E-state index contributed by atoms with van der Waals surface area (Å²) in [5.74, 6) is -0.531.